The zero-order valence-electron chi connectivity index (χ0n) is 14.6. The van der Waals surface area contributed by atoms with Crippen LogP contribution in [-0.4, -0.2) is 26.8 Å². The van der Waals surface area contributed by atoms with E-state index in [1.165, 1.54) is 29.7 Å². The molecule has 1 aliphatic carbocycles. The summed E-state index contributed by atoms with van der Waals surface area (Å²) >= 11 is 7.21. The van der Waals surface area contributed by atoms with Gasteiger partial charge in [0.05, 0.1) is 0 Å². The van der Waals surface area contributed by atoms with Crippen molar-refractivity contribution in [3.8, 4) is 11.1 Å². The number of nitrogens with one attached hydrogen (secondary N) is 1. The number of fused-ring (bicyclic) bond motifs is 2. The third-order valence-corrected chi connectivity index (χ3v) is 5.93. The van der Waals surface area contributed by atoms with Gasteiger partial charge in [0.15, 0.2) is 0 Å². The molecule has 2 aromatic carbocycles. The van der Waals surface area contributed by atoms with Gasteiger partial charge in [0.25, 0.3) is 0 Å². The first-order chi connectivity index (χ1) is 13.1. The molecule has 0 spiro atoms. The Morgan fingerprint density at radius 2 is 1.63 bits per heavy atom. The van der Waals surface area contributed by atoms with Gasteiger partial charge in [-0.25, -0.2) is 0 Å². The molecule has 27 heavy (non-hydrogen) atoms. The van der Waals surface area contributed by atoms with E-state index in [9.17, 15) is 4.79 Å². The number of hydrogen-bond acceptors (Lipinski definition) is 2. The van der Waals surface area contributed by atoms with E-state index in [-0.39, 0.29) is 5.43 Å². The Balaban J connectivity index is 0.000000186. The maximum Gasteiger partial charge on any atom is -0.0235 e. The van der Waals surface area contributed by atoms with Gasteiger partial charge in [0.1, 0.15) is 0 Å². The van der Waals surface area contributed by atoms with E-state index in [4.69, 9.17) is 11.6 Å². The predicted molar refractivity (Wildman–Crippen MR) is 115 cm³/mol. The summed E-state index contributed by atoms with van der Waals surface area (Å²) in [6, 6.07) is 17.7. The van der Waals surface area contributed by atoms with Crippen LogP contribution in [0.25, 0.3) is 22.0 Å². The quantitative estimate of drug-likeness (QED) is 0.465. The van der Waals surface area contributed by atoms with Gasteiger partial charge in [0.2, 0.25) is 0 Å². The van der Waals surface area contributed by atoms with E-state index in [0.29, 0.717) is 16.0 Å². The van der Waals surface area contributed by atoms with Crippen molar-refractivity contribution in [2.75, 3.05) is 0 Å². The van der Waals surface area contributed by atoms with Crippen molar-refractivity contribution < 1.29 is 0 Å². The van der Waals surface area contributed by atoms with Crippen molar-refractivity contribution in [2.45, 2.75) is 12.8 Å². The molecule has 2 aromatic heterocycles. The number of aromatic nitrogens is 2. The summed E-state index contributed by atoms with van der Waals surface area (Å²) in [6.07, 6.45) is 6.05. The van der Waals surface area contributed by atoms with Crippen molar-refractivity contribution in [1.29, 1.82) is 0 Å². The van der Waals surface area contributed by atoms with Crippen LogP contribution in [0.2, 0.25) is 5.02 Å². The summed E-state index contributed by atoms with van der Waals surface area (Å²) in [7, 11) is 0. The molecule has 134 valence electrons. The molecule has 0 aliphatic heterocycles. The van der Waals surface area contributed by atoms with Crippen LogP contribution in [0.5, 0.6) is 0 Å². The minimum atomic E-state index is 0.00328. The maximum absolute atomic E-state index is 12.6. The fraction of sp³-hybridized carbons (Fsp3) is 0.0909. The van der Waals surface area contributed by atoms with Gasteiger partial charge in [0, 0.05) is 0 Å². The molecule has 0 amide bonds. The molecule has 2 heterocycles. The summed E-state index contributed by atoms with van der Waals surface area (Å²) < 4.78 is 0.794. The first-order valence-electron chi connectivity index (χ1n) is 8.72. The van der Waals surface area contributed by atoms with E-state index in [0.717, 1.165) is 15.6 Å². The van der Waals surface area contributed by atoms with Crippen molar-refractivity contribution in [3.05, 3.63) is 93.4 Å². The Bertz CT molecular complexity index is 1150. The molecule has 4 aromatic rings. The van der Waals surface area contributed by atoms with E-state index in [1.807, 2.05) is 18.2 Å². The number of nitrogens with zero attached hydrogens (tertiary/aromatic N) is 1. The molecule has 1 aliphatic rings. The molecule has 1 atom stereocenters. The van der Waals surface area contributed by atoms with Crippen LogP contribution in [0.3, 0.4) is 0 Å². The molecular weight excluding hydrogens is 419 g/mol. The molecule has 0 saturated heterocycles. The third kappa shape index (κ3) is 3.71. The maximum atomic E-state index is 12.6. The summed E-state index contributed by atoms with van der Waals surface area (Å²) in [5.41, 5.74) is 5.40. The zero-order valence-corrected chi connectivity index (χ0v) is 17.8. The fourth-order valence-electron chi connectivity index (χ4n) is 3.17. The van der Waals surface area contributed by atoms with Crippen molar-refractivity contribution >= 4 is 43.8 Å². The Morgan fingerprint density at radius 3 is 2.22 bits per heavy atom. The zero-order chi connectivity index (χ0) is 18.8. The predicted octanol–water partition coefficient (Wildman–Crippen LogP) is 3.29. The average Bonchev–Trinajstić information content (AvgIpc) is 2.65. The number of rotatable bonds is 1. The smallest absolute Gasteiger partial charge is 0.0235 e. The van der Waals surface area contributed by atoms with Crippen LogP contribution in [0, 0.1) is 0 Å². The molecule has 0 radical (unpaired) electrons. The third-order valence-electron chi connectivity index (χ3n) is 4.76. The molecule has 1 N–H and O–H groups in total. The topological polar surface area (TPSA) is 45.8 Å². The van der Waals surface area contributed by atoms with Gasteiger partial charge in [-0.15, -0.1) is 0 Å². The Hall–Kier alpha value is -2.35. The average molecular weight is 437 g/mol. The van der Waals surface area contributed by atoms with Gasteiger partial charge >= 0.3 is 123 Å². The first kappa shape index (κ1) is 18.0. The van der Waals surface area contributed by atoms with Gasteiger partial charge in [-0.2, -0.15) is 0 Å². The molecule has 0 bridgehead atoms. The number of aromatic amines is 1. The van der Waals surface area contributed by atoms with E-state index >= 15 is 0 Å². The number of benzene rings is 2. The molecule has 1 unspecified atom stereocenters. The number of pyridine rings is 2. The monoisotopic (exact) mass is 436 g/mol. The van der Waals surface area contributed by atoms with Crippen LogP contribution < -0.4 is 9.91 Å². The van der Waals surface area contributed by atoms with Gasteiger partial charge in [-0.3, -0.25) is 0 Å². The summed E-state index contributed by atoms with van der Waals surface area (Å²) in [5, 5.41) is 1.32. The number of hydrogen-bond donors (Lipinski definition) is 1. The Kier molecular flexibility index (Phi) is 5.15. The second-order valence-corrected chi connectivity index (χ2v) is 8.01. The Labute approximate surface area is 170 Å². The minimum Gasteiger partial charge on any atom is -0.0620 e. The fourth-order valence-corrected chi connectivity index (χ4v) is 4.08. The van der Waals surface area contributed by atoms with Crippen molar-refractivity contribution in [3.63, 3.8) is 0 Å². The molecule has 5 heteroatoms. The van der Waals surface area contributed by atoms with E-state index in [2.05, 4.69) is 34.2 Å². The largest absolute Gasteiger partial charge is 0.0620 e. The van der Waals surface area contributed by atoms with E-state index in [1.54, 1.807) is 35.7 Å². The summed E-state index contributed by atoms with van der Waals surface area (Å²) in [6.45, 7) is 0. The van der Waals surface area contributed by atoms with Crippen LogP contribution in [0.4, 0.5) is 0 Å². The van der Waals surface area contributed by atoms with Gasteiger partial charge in [-0.1, -0.05) is 24.3 Å². The van der Waals surface area contributed by atoms with Crippen molar-refractivity contribution in [1.82, 2.24) is 9.97 Å². The SMILES string of the molecule is O=c1c(-c2ccc(Cl)cc2)c[nH]c2ccnc([AsH2])c12.c1ccc2c(c1)CC2. The van der Waals surface area contributed by atoms with Crippen LogP contribution >= 0.6 is 11.6 Å². The Morgan fingerprint density at radius 1 is 0.963 bits per heavy atom. The summed E-state index contributed by atoms with van der Waals surface area (Å²) in [5.74, 6) is 0. The van der Waals surface area contributed by atoms with E-state index < -0.39 is 0 Å². The normalized spacial score (nSPS) is 11.9. The number of halogens is 1. The first-order valence-corrected chi connectivity index (χ1v) is 10.3. The molecule has 0 saturated carbocycles. The standard InChI is InChI=1S/C14H10AsClN2O.C8H8/c15-14-12-11(5-6-17-14)18-7-10(13(12)19)8-1-3-9(16)4-2-8;1-2-4-8-6-5-7(8)3-1/h1-7H,15H2,(H,18,19);1-4H,5-6H2. The van der Waals surface area contributed by atoms with Crippen molar-refractivity contribution in [2.24, 2.45) is 0 Å². The summed E-state index contributed by atoms with van der Waals surface area (Å²) in [4.78, 5) is 19.9. The second-order valence-electron chi connectivity index (χ2n) is 6.43. The second kappa shape index (κ2) is 7.72. The van der Waals surface area contributed by atoms with Crippen LogP contribution in [-0.2, 0) is 12.8 Å². The van der Waals surface area contributed by atoms with Crippen LogP contribution in [0.1, 0.15) is 11.1 Å². The van der Waals surface area contributed by atoms with Gasteiger partial charge in [-0.05, 0) is 24.0 Å². The number of H-pyrrole nitrogens is 1. The van der Waals surface area contributed by atoms with Crippen LogP contribution in [0.15, 0.2) is 71.8 Å². The van der Waals surface area contributed by atoms with Gasteiger partial charge < -0.3 is 0 Å². The molecule has 3 nitrogen and oxygen atoms in total. The molecule has 5 rings (SSSR count). The minimum absolute atomic E-state index is 0.00328. The molecular formula is C22H18AsClN2O. The molecule has 0 fully saturated rings. The number of aryl methyl sites for hydroxylation is 2.